The molecule has 0 radical (unpaired) electrons. The number of aliphatic hydroxyl groups excluding tert-OH is 1. The van der Waals surface area contributed by atoms with Gasteiger partial charge in [-0.1, -0.05) is 6.07 Å². The first-order valence-electron chi connectivity index (χ1n) is 8.32. The molecule has 0 unspecified atom stereocenters. The maximum atomic E-state index is 10.1. The summed E-state index contributed by atoms with van der Waals surface area (Å²) in [4.78, 5) is 8.76. The highest BCUT2D eigenvalue weighted by Gasteiger charge is 2.25. The molecule has 0 spiro atoms. The van der Waals surface area contributed by atoms with Gasteiger partial charge in [0.05, 0.1) is 22.8 Å². The van der Waals surface area contributed by atoms with Crippen LogP contribution in [0.2, 0.25) is 0 Å². The molecule has 8 heteroatoms. The van der Waals surface area contributed by atoms with Crippen molar-refractivity contribution in [3.63, 3.8) is 0 Å². The van der Waals surface area contributed by atoms with Crippen molar-refractivity contribution in [3.8, 4) is 0 Å². The summed E-state index contributed by atoms with van der Waals surface area (Å²) in [5.41, 5.74) is 1.81. The Morgan fingerprint density at radius 1 is 1.32 bits per heavy atom. The highest BCUT2D eigenvalue weighted by Crippen LogP contribution is 2.26. The number of aromatic nitrogens is 4. The van der Waals surface area contributed by atoms with Gasteiger partial charge in [-0.2, -0.15) is 9.61 Å². The van der Waals surface area contributed by atoms with Gasteiger partial charge < -0.3 is 15.7 Å². The molecule has 1 fully saturated rings. The molecule has 3 aromatic heterocycles. The molecule has 0 amide bonds. The van der Waals surface area contributed by atoms with Gasteiger partial charge in [0.15, 0.2) is 5.65 Å². The fourth-order valence-electron chi connectivity index (χ4n) is 3.13. The van der Waals surface area contributed by atoms with Crippen molar-refractivity contribution in [3.05, 3.63) is 46.8 Å². The van der Waals surface area contributed by atoms with Gasteiger partial charge in [0.25, 0.3) is 0 Å². The minimum atomic E-state index is -0.321. The summed E-state index contributed by atoms with van der Waals surface area (Å²) in [6.45, 7) is 0.635. The third-order valence-electron chi connectivity index (χ3n) is 4.44. The molecule has 1 aliphatic rings. The van der Waals surface area contributed by atoms with E-state index in [0.717, 1.165) is 46.6 Å². The molecule has 1 saturated carbocycles. The van der Waals surface area contributed by atoms with Crippen LogP contribution in [0.5, 0.6) is 0 Å². The number of nitrogens with zero attached hydrogens (tertiary/aromatic N) is 4. The molecule has 0 aliphatic heterocycles. The predicted octanol–water partition coefficient (Wildman–Crippen LogP) is 2.82. The number of hydrogen-bond donors (Lipinski definition) is 3. The molecule has 4 rings (SSSR count). The lowest BCUT2D eigenvalue weighted by Crippen LogP contribution is -2.28. The smallest absolute Gasteiger partial charge is 0.173 e. The van der Waals surface area contributed by atoms with E-state index >= 15 is 0 Å². The minimum Gasteiger partial charge on any atom is -0.391 e. The van der Waals surface area contributed by atoms with E-state index in [0.29, 0.717) is 6.54 Å². The molecule has 0 aromatic carbocycles. The average Bonchev–Trinajstić information content (AvgIpc) is 3.20. The largest absolute Gasteiger partial charge is 0.391 e. The van der Waals surface area contributed by atoms with Crippen LogP contribution in [-0.2, 0) is 6.54 Å². The van der Waals surface area contributed by atoms with Crippen molar-refractivity contribution in [1.82, 2.24) is 19.6 Å². The standard InChI is InChI=1S/C17H19BrN6O/c18-12-10-21-24-16(20-9-11-3-2-6-19-8-11)7-15(23-17(12)24)22-13-4-1-5-14(13)25/h2-3,6-8,10,13-14,20,25H,1,4-5,9H2,(H,22,23)/t13-,14-/m0/s1. The topological polar surface area (TPSA) is 87.4 Å². The second-order valence-electron chi connectivity index (χ2n) is 6.22. The van der Waals surface area contributed by atoms with E-state index in [9.17, 15) is 5.11 Å². The van der Waals surface area contributed by atoms with Gasteiger partial charge in [0.1, 0.15) is 11.6 Å². The van der Waals surface area contributed by atoms with Crippen LogP contribution < -0.4 is 10.6 Å². The molecule has 3 aromatic rings. The van der Waals surface area contributed by atoms with Crippen molar-refractivity contribution in [2.45, 2.75) is 38.0 Å². The van der Waals surface area contributed by atoms with Crippen molar-refractivity contribution >= 4 is 33.2 Å². The molecule has 7 nitrogen and oxygen atoms in total. The molecule has 25 heavy (non-hydrogen) atoms. The third-order valence-corrected chi connectivity index (χ3v) is 5.00. The molecular formula is C17H19BrN6O. The molecule has 2 atom stereocenters. The number of nitrogens with one attached hydrogen (secondary N) is 2. The van der Waals surface area contributed by atoms with Crippen LogP contribution in [0.25, 0.3) is 5.65 Å². The zero-order chi connectivity index (χ0) is 17.2. The Hall–Kier alpha value is -2.19. The lowest BCUT2D eigenvalue weighted by molar-refractivity contribution is 0.171. The van der Waals surface area contributed by atoms with Crippen molar-refractivity contribution in [2.75, 3.05) is 10.6 Å². The fraction of sp³-hybridized carbons (Fsp3) is 0.353. The summed E-state index contributed by atoms with van der Waals surface area (Å²) >= 11 is 3.50. The van der Waals surface area contributed by atoms with Gasteiger partial charge in [-0.05, 0) is 46.8 Å². The van der Waals surface area contributed by atoms with E-state index in [1.165, 1.54) is 0 Å². The van der Waals surface area contributed by atoms with Crippen LogP contribution in [0.3, 0.4) is 0 Å². The first-order chi connectivity index (χ1) is 12.2. The number of anilines is 2. The Labute approximate surface area is 153 Å². The van der Waals surface area contributed by atoms with Crippen LogP contribution in [0, 0.1) is 0 Å². The molecule has 0 bridgehead atoms. The molecule has 1 aliphatic carbocycles. The summed E-state index contributed by atoms with van der Waals surface area (Å²) in [6.07, 6.45) is 7.81. The van der Waals surface area contributed by atoms with E-state index in [1.54, 1.807) is 16.9 Å². The Bertz CT molecular complexity index is 868. The average molecular weight is 403 g/mol. The zero-order valence-corrected chi connectivity index (χ0v) is 15.1. The van der Waals surface area contributed by atoms with E-state index in [4.69, 9.17) is 0 Å². The van der Waals surface area contributed by atoms with Crippen LogP contribution in [-0.4, -0.2) is 36.8 Å². The van der Waals surface area contributed by atoms with E-state index in [1.807, 2.05) is 24.4 Å². The second-order valence-corrected chi connectivity index (χ2v) is 7.07. The molecular weight excluding hydrogens is 384 g/mol. The first-order valence-corrected chi connectivity index (χ1v) is 9.11. The molecule has 3 N–H and O–H groups in total. The van der Waals surface area contributed by atoms with Crippen LogP contribution in [0.1, 0.15) is 24.8 Å². The second kappa shape index (κ2) is 6.97. The summed E-state index contributed by atoms with van der Waals surface area (Å²) in [5.74, 6) is 1.56. The predicted molar refractivity (Wildman–Crippen MR) is 99.5 cm³/mol. The lowest BCUT2D eigenvalue weighted by atomic mass is 10.2. The van der Waals surface area contributed by atoms with Crippen LogP contribution in [0.4, 0.5) is 11.6 Å². The molecule has 0 saturated heterocycles. The maximum absolute atomic E-state index is 10.1. The van der Waals surface area contributed by atoms with Gasteiger partial charge in [0, 0.05) is 25.0 Å². The van der Waals surface area contributed by atoms with Gasteiger partial charge in [0.2, 0.25) is 0 Å². The summed E-state index contributed by atoms with van der Waals surface area (Å²) in [6, 6.07) is 5.90. The number of halogens is 1. The lowest BCUT2D eigenvalue weighted by Gasteiger charge is -2.18. The van der Waals surface area contributed by atoms with Gasteiger partial charge in [-0.15, -0.1) is 0 Å². The quantitative estimate of drug-likeness (QED) is 0.608. The van der Waals surface area contributed by atoms with Gasteiger partial charge in [-0.25, -0.2) is 4.98 Å². The van der Waals surface area contributed by atoms with Crippen molar-refractivity contribution in [2.24, 2.45) is 0 Å². The Kier molecular flexibility index (Phi) is 4.54. The fourth-order valence-corrected chi connectivity index (χ4v) is 3.48. The van der Waals surface area contributed by atoms with Crippen molar-refractivity contribution < 1.29 is 5.11 Å². The van der Waals surface area contributed by atoms with E-state index < -0.39 is 0 Å². The number of fused-ring (bicyclic) bond motifs is 1. The third kappa shape index (κ3) is 3.45. The SMILES string of the molecule is O[C@H]1CCC[C@@H]1Nc1cc(NCc2cccnc2)n2ncc(Br)c2n1. The highest BCUT2D eigenvalue weighted by molar-refractivity contribution is 9.10. The monoisotopic (exact) mass is 402 g/mol. The summed E-state index contributed by atoms with van der Waals surface area (Å²) in [7, 11) is 0. The normalized spacial score (nSPS) is 20.1. The zero-order valence-electron chi connectivity index (χ0n) is 13.6. The number of aliphatic hydroxyl groups is 1. The summed E-state index contributed by atoms with van der Waals surface area (Å²) in [5, 5.41) is 21.2. The minimum absolute atomic E-state index is 0.0443. The van der Waals surface area contributed by atoms with Crippen molar-refractivity contribution in [1.29, 1.82) is 0 Å². The Morgan fingerprint density at radius 3 is 3.00 bits per heavy atom. The number of hydrogen-bond acceptors (Lipinski definition) is 6. The summed E-state index contributed by atoms with van der Waals surface area (Å²) < 4.78 is 2.59. The first kappa shape index (κ1) is 16.3. The van der Waals surface area contributed by atoms with Crippen LogP contribution in [0.15, 0.2) is 41.3 Å². The van der Waals surface area contributed by atoms with E-state index in [-0.39, 0.29) is 12.1 Å². The molecule has 3 heterocycles. The number of rotatable bonds is 5. The van der Waals surface area contributed by atoms with Gasteiger partial charge >= 0.3 is 0 Å². The van der Waals surface area contributed by atoms with E-state index in [2.05, 4.69) is 41.6 Å². The maximum Gasteiger partial charge on any atom is 0.173 e. The van der Waals surface area contributed by atoms with Crippen LogP contribution >= 0.6 is 15.9 Å². The van der Waals surface area contributed by atoms with Gasteiger partial charge in [-0.3, -0.25) is 4.98 Å². The Balaban J connectivity index is 1.62. The Morgan fingerprint density at radius 2 is 2.24 bits per heavy atom. The molecule has 130 valence electrons. The highest BCUT2D eigenvalue weighted by atomic mass is 79.9. The number of pyridine rings is 1.